The van der Waals surface area contributed by atoms with E-state index in [1.165, 1.54) is 17.0 Å². The van der Waals surface area contributed by atoms with Crippen molar-refractivity contribution in [3.63, 3.8) is 0 Å². The Hall–Kier alpha value is -2.11. The van der Waals surface area contributed by atoms with Crippen LogP contribution in [-0.4, -0.2) is 35.3 Å². The number of hydrogen-bond acceptors (Lipinski definition) is 3. The molecule has 2 amide bonds. The molecule has 102 valence electrons. The Balaban J connectivity index is 2.35. The second-order valence-electron chi connectivity index (χ2n) is 5.00. The average Bonchev–Trinajstić information content (AvgIpc) is 2.32. The number of amides is 2. The molecule has 1 aliphatic rings. The first-order valence-electron chi connectivity index (χ1n) is 5.99. The predicted octanol–water partition coefficient (Wildman–Crippen LogP) is 0.758. The number of nitrogen functional groups attached to an aromatic ring is 1. The first-order chi connectivity index (χ1) is 8.84. The van der Waals surface area contributed by atoms with Crippen LogP contribution in [0.15, 0.2) is 18.2 Å². The van der Waals surface area contributed by atoms with Crippen molar-refractivity contribution in [2.24, 2.45) is 0 Å². The lowest BCUT2D eigenvalue weighted by Crippen LogP contribution is -2.63. The first-order valence-corrected chi connectivity index (χ1v) is 5.99. The Morgan fingerprint density at radius 2 is 2.16 bits per heavy atom. The van der Waals surface area contributed by atoms with Gasteiger partial charge in [-0.3, -0.25) is 9.59 Å². The highest BCUT2D eigenvalue weighted by Gasteiger charge is 2.41. The maximum Gasteiger partial charge on any atom is 0.256 e. The fourth-order valence-corrected chi connectivity index (χ4v) is 2.13. The number of nitrogens with two attached hydrogens (primary N) is 1. The van der Waals surface area contributed by atoms with Crippen molar-refractivity contribution in [2.45, 2.75) is 19.4 Å². The quantitative estimate of drug-likeness (QED) is 0.736. The van der Waals surface area contributed by atoms with E-state index in [0.29, 0.717) is 13.1 Å². The molecule has 0 radical (unpaired) electrons. The smallest absolute Gasteiger partial charge is 0.256 e. The summed E-state index contributed by atoms with van der Waals surface area (Å²) in [6.07, 6.45) is 0. The van der Waals surface area contributed by atoms with Crippen molar-refractivity contribution >= 4 is 17.5 Å². The molecular formula is C13H16FN3O2. The van der Waals surface area contributed by atoms with Gasteiger partial charge in [-0.15, -0.1) is 0 Å². The van der Waals surface area contributed by atoms with Crippen molar-refractivity contribution < 1.29 is 14.0 Å². The van der Waals surface area contributed by atoms with Crippen molar-refractivity contribution in [1.29, 1.82) is 0 Å². The molecule has 19 heavy (non-hydrogen) atoms. The average molecular weight is 265 g/mol. The van der Waals surface area contributed by atoms with Crippen LogP contribution in [0.3, 0.4) is 0 Å². The second-order valence-corrected chi connectivity index (χ2v) is 5.00. The summed E-state index contributed by atoms with van der Waals surface area (Å²) in [6.45, 7) is 4.13. The minimum atomic E-state index is -0.948. The highest BCUT2D eigenvalue weighted by atomic mass is 19.1. The lowest BCUT2D eigenvalue weighted by molar-refractivity contribution is -0.133. The number of carbonyl (C=O) groups excluding carboxylic acids is 2. The summed E-state index contributed by atoms with van der Waals surface area (Å²) in [5, 5.41) is 2.71. The molecule has 2 rings (SSSR count). The third kappa shape index (κ3) is 2.25. The zero-order valence-electron chi connectivity index (χ0n) is 10.9. The number of nitrogens with zero attached hydrogens (tertiary/aromatic N) is 1. The molecule has 0 bridgehead atoms. The van der Waals surface area contributed by atoms with Crippen LogP contribution >= 0.6 is 0 Å². The predicted molar refractivity (Wildman–Crippen MR) is 68.9 cm³/mol. The third-order valence-electron chi connectivity index (χ3n) is 3.34. The Morgan fingerprint density at radius 3 is 2.79 bits per heavy atom. The van der Waals surface area contributed by atoms with E-state index in [4.69, 9.17) is 5.73 Å². The first kappa shape index (κ1) is 13.3. The van der Waals surface area contributed by atoms with Gasteiger partial charge in [0.15, 0.2) is 0 Å². The van der Waals surface area contributed by atoms with Gasteiger partial charge in [0.05, 0.1) is 5.56 Å². The molecule has 0 unspecified atom stereocenters. The third-order valence-corrected chi connectivity index (χ3v) is 3.34. The maximum absolute atomic E-state index is 13.0. The van der Waals surface area contributed by atoms with Crippen LogP contribution in [0.2, 0.25) is 0 Å². The summed E-state index contributed by atoms with van der Waals surface area (Å²) in [5.41, 5.74) is 5.00. The zero-order chi connectivity index (χ0) is 14.2. The van der Waals surface area contributed by atoms with Gasteiger partial charge in [0, 0.05) is 18.8 Å². The fourth-order valence-electron chi connectivity index (χ4n) is 2.13. The van der Waals surface area contributed by atoms with E-state index in [0.717, 1.165) is 6.07 Å². The van der Waals surface area contributed by atoms with Crippen LogP contribution in [0, 0.1) is 5.82 Å². The minimum Gasteiger partial charge on any atom is -0.398 e. The van der Waals surface area contributed by atoms with Gasteiger partial charge in [0.25, 0.3) is 5.91 Å². The van der Waals surface area contributed by atoms with Gasteiger partial charge < -0.3 is 16.0 Å². The lowest BCUT2D eigenvalue weighted by atomic mass is 9.97. The summed E-state index contributed by atoms with van der Waals surface area (Å²) < 4.78 is 13.0. The summed E-state index contributed by atoms with van der Waals surface area (Å²) in [5.74, 6) is -1.07. The number of benzene rings is 1. The normalized spacial score (nSPS) is 18.1. The number of halogens is 1. The van der Waals surface area contributed by atoms with E-state index in [9.17, 15) is 14.0 Å². The van der Waals surface area contributed by atoms with Crippen molar-refractivity contribution in [1.82, 2.24) is 10.2 Å². The van der Waals surface area contributed by atoms with Gasteiger partial charge in [-0.1, -0.05) is 0 Å². The maximum atomic E-state index is 13.0. The lowest BCUT2D eigenvalue weighted by Gasteiger charge is -2.41. The molecule has 0 spiro atoms. The molecule has 5 nitrogen and oxygen atoms in total. The number of carbonyl (C=O) groups is 2. The van der Waals surface area contributed by atoms with Crippen LogP contribution in [0.5, 0.6) is 0 Å². The number of hydrogen-bond donors (Lipinski definition) is 2. The molecule has 0 atom stereocenters. The largest absolute Gasteiger partial charge is 0.398 e. The van der Waals surface area contributed by atoms with Gasteiger partial charge in [-0.05, 0) is 32.0 Å². The monoisotopic (exact) mass is 265 g/mol. The number of anilines is 1. The molecule has 0 saturated carbocycles. The Morgan fingerprint density at radius 1 is 1.47 bits per heavy atom. The minimum absolute atomic E-state index is 0.0757. The Labute approximate surface area is 110 Å². The van der Waals surface area contributed by atoms with Gasteiger partial charge in [0.2, 0.25) is 5.91 Å². The van der Waals surface area contributed by atoms with E-state index in [-0.39, 0.29) is 23.1 Å². The van der Waals surface area contributed by atoms with Crippen molar-refractivity contribution in [3.8, 4) is 0 Å². The molecule has 0 aromatic heterocycles. The van der Waals surface area contributed by atoms with Crippen LogP contribution in [0.4, 0.5) is 10.1 Å². The molecule has 1 saturated heterocycles. The van der Waals surface area contributed by atoms with Gasteiger partial charge in [-0.25, -0.2) is 4.39 Å². The van der Waals surface area contributed by atoms with Crippen LogP contribution < -0.4 is 11.1 Å². The second kappa shape index (κ2) is 4.53. The molecule has 1 aromatic rings. The summed E-state index contributed by atoms with van der Waals surface area (Å²) >= 11 is 0. The van der Waals surface area contributed by atoms with E-state index in [1.807, 2.05) is 0 Å². The molecule has 1 heterocycles. The highest BCUT2D eigenvalue weighted by Crippen LogP contribution is 2.23. The van der Waals surface area contributed by atoms with E-state index >= 15 is 0 Å². The molecular weight excluding hydrogens is 249 g/mol. The molecule has 1 aliphatic heterocycles. The van der Waals surface area contributed by atoms with Crippen LogP contribution in [0.1, 0.15) is 24.2 Å². The fraction of sp³-hybridized carbons (Fsp3) is 0.385. The Bertz CT molecular complexity index is 543. The summed E-state index contributed by atoms with van der Waals surface area (Å²) in [4.78, 5) is 25.7. The SMILES string of the molecule is CC1(C)C(=O)NCCN1C(=O)c1ccc(F)cc1N. The van der Waals surface area contributed by atoms with Gasteiger partial charge in [0.1, 0.15) is 11.4 Å². The Kier molecular flexibility index (Phi) is 3.18. The summed E-state index contributed by atoms with van der Waals surface area (Å²) in [6, 6.07) is 3.63. The number of nitrogens with one attached hydrogen (secondary N) is 1. The molecule has 1 aromatic carbocycles. The molecule has 1 fully saturated rings. The summed E-state index contributed by atoms with van der Waals surface area (Å²) in [7, 11) is 0. The van der Waals surface area contributed by atoms with E-state index < -0.39 is 11.4 Å². The standard InChI is InChI=1S/C13H16FN3O2/c1-13(2)12(19)16-5-6-17(13)11(18)9-4-3-8(14)7-10(9)15/h3-4,7H,5-6,15H2,1-2H3,(H,16,19). The number of piperazine rings is 1. The van der Waals surface area contributed by atoms with Gasteiger partial charge >= 0.3 is 0 Å². The van der Waals surface area contributed by atoms with E-state index in [2.05, 4.69) is 5.32 Å². The molecule has 6 heteroatoms. The van der Waals surface area contributed by atoms with Crippen molar-refractivity contribution in [2.75, 3.05) is 18.8 Å². The van der Waals surface area contributed by atoms with Crippen LogP contribution in [-0.2, 0) is 4.79 Å². The van der Waals surface area contributed by atoms with E-state index in [1.54, 1.807) is 13.8 Å². The molecule has 3 N–H and O–H groups in total. The van der Waals surface area contributed by atoms with Crippen molar-refractivity contribution in [3.05, 3.63) is 29.6 Å². The van der Waals surface area contributed by atoms with Crippen LogP contribution in [0.25, 0.3) is 0 Å². The number of rotatable bonds is 1. The topological polar surface area (TPSA) is 75.4 Å². The highest BCUT2D eigenvalue weighted by molar-refractivity contribution is 6.02. The van der Waals surface area contributed by atoms with Gasteiger partial charge in [-0.2, -0.15) is 0 Å². The molecule has 0 aliphatic carbocycles. The zero-order valence-corrected chi connectivity index (χ0v) is 10.9.